The van der Waals surface area contributed by atoms with Gasteiger partial charge in [0, 0.05) is 49.0 Å². The third-order valence-corrected chi connectivity index (χ3v) is 6.53. The topological polar surface area (TPSA) is 146 Å². The molecule has 6 rings (SSSR count). The van der Waals surface area contributed by atoms with Gasteiger partial charge in [0.05, 0.1) is 24.3 Å². The number of ether oxygens (including phenoxy) is 1. The molecular weight excluding hydrogens is 490 g/mol. The molecule has 1 aliphatic rings. The molecule has 0 saturated carbocycles. The molecule has 5 heterocycles. The molecule has 1 fully saturated rings. The Labute approximate surface area is 215 Å². The third-order valence-electron chi connectivity index (χ3n) is 6.03. The second kappa shape index (κ2) is 9.91. The van der Waals surface area contributed by atoms with E-state index in [1.807, 2.05) is 36.5 Å². The summed E-state index contributed by atoms with van der Waals surface area (Å²) >= 11 is 1.16. The van der Waals surface area contributed by atoms with Gasteiger partial charge in [-0.05, 0) is 28.7 Å². The van der Waals surface area contributed by atoms with Crippen molar-refractivity contribution in [3.8, 4) is 22.5 Å². The van der Waals surface area contributed by atoms with E-state index in [-0.39, 0.29) is 18.2 Å². The maximum absolute atomic E-state index is 12.5. The van der Waals surface area contributed by atoms with E-state index < -0.39 is 0 Å². The fourth-order valence-corrected chi connectivity index (χ4v) is 4.62. The van der Waals surface area contributed by atoms with Gasteiger partial charge in [0.15, 0.2) is 17.4 Å². The van der Waals surface area contributed by atoms with Gasteiger partial charge in [-0.3, -0.25) is 9.78 Å². The van der Waals surface area contributed by atoms with Gasteiger partial charge in [0.25, 0.3) is 0 Å². The molecule has 0 amide bonds. The van der Waals surface area contributed by atoms with E-state index in [1.165, 1.54) is 0 Å². The van der Waals surface area contributed by atoms with E-state index in [2.05, 4.69) is 24.5 Å². The molecule has 1 saturated heterocycles. The SMILES string of the molecule is Nc1ncc(-c2nc(N3CCOCC3)c3ncc(-c4cccc(CC(=O)c5csnn5)c4)cc3n2)cn1. The Bertz CT molecular complexity index is 1570. The summed E-state index contributed by atoms with van der Waals surface area (Å²) in [6, 6.07) is 9.81. The number of ketones is 1. The Morgan fingerprint density at radius 2 is 1.81 bits per heavy atom. The highest BCUT2D eigenvalue weighted by atomic mass is 32.1. The molecule has 5 aromatic rings. The summed E-state index contributed by atoms with van der Waals surface area (Å²) < 4.78 is 9.31. The van der Waals surface area contributed by atoms with Crippen LogP contribution in [0.3, 0.4) is 0 Å². The van der Waals surface area contributed by atoms with Crippen molar-refractivity contribution in [1.82, 2.24) is 34.5 Å². The predicted molar refractivity (Wildman–Crippen MR) is 139 cm³/mol. The smallest absolute Gasteiger partial charge is 0.219 e. The monoisotopic (exact) mass is 511 g/mol. The van der Waals surface area contributed by atoms with Crippen LogP contribution in [0.25, 0.3) is 33.5 Å². The van der Waals surface area contributed by atoms with Crippen LogP contribution in [0.15, 0.2) is 54.3 Å². The standard InChI is InChI=1S/C25H21N9O2S/c26-25-28-12-18(13-29-25)23-30-19-10-17(11-27-22(19)24(31-23)34-4-6-36-7-5-34)16-3-1-2-15(8-16)9-21(35)20-14-37-33-32-20/h1-3,8,10-14H,4-7,9H2,(H2,26,28,29). The minimum absolute atomic E-state index is 0.0687. The van der Waals surface area contributed by atoms with E-state index in [0.717, 1.165) is 34.0 Å². The number of rotatable bonds is 6. The van der Waals surface area contributed by atoms with Crippen LogP contribution >= 0.6 is 11.5 Å². The van der Waals surface area contributed by atoms with Gasteiger partial charge in [-0.2, -0.15) is 0 Å². The second-order valence-electron chi connectivity index (χ2n) is 8.48. The van der Waals surface area contributed by atoms with Crippen LogP contribution in [0.2, 0.25) is 0 Å². The first-order valence-electron chi connectivity index (χ1n) is 11.6. The summed E-state index contributed by atoms with van der Waals surface area (Å²) in [6.45, 7) is 2.65. The number of morpholine rings is 1. The van der Waals surface area contributed by atoms with Gasteiger partial charge >= 0.3 is 0 Å². The van der Waals surface area contributed by atoms with Crippen molar-refractivity contribution in [3.63, 3.8) is 0 Å². The Kier molecular flexibility index (Phi) is 6.16. The number of pyridine rings is 1. The maximum Gasteiger partial charge on any atom is 0.219 e. The molecule has 37 heavy (non-hydrogen) atoms. The van der Waals surface area contributed by atoms with Crippen LogP contribution in [0.4, 0.5) is 11.8 Å². The fourth-order valence-electron chi connectivity index (χ4n) is 4.16. The van der Waals surface area contributed by atoms with E-state index in [1.54, 1.807) is 17.8 Å². The number of hydrogen-bond donors (Lipinski definition) is 1. The van der Waals surface area contributed by atoms with Crippen LogP contribution in [0.5, 0.6) is 0 Å². The molecule has 1 aliphatic heterocycles. The number of nitrogens with two attached hydrogens (primary N) is 1. The van der Waals surface area contributed by atoms with Crippen molar-refractivity contribution in [2.75, 3.05) is 36.9 Å². The largest absolute Gasteiger partial charge is 0.378 e. The first-order valence-corrected chi connectivity index (χ1v) is 12.5. The van der Waals surface area contributed by atoms with Crippen LogP contribution in [0.1, 0.15) is 16.1 Å². The average molecular weight is 512 g/mol. The average Bonchev–Trinajstić information content (AvgIpc) is 3.49. The highest BCUT2D eigenvalue weighted by Crippen LogP contribution is 2.30. The Morgan fingerprint density at radius 1 is 1.00 bits per heavy atom. The van der Waals surface area contributed by atoms with Crippen molar-refractivity contribution in [2.45, 2.75) is 6.42 Å². The summed E-state index contributed by atoms with van der Waals surface area (Å²) in [4.78, 5) is 37.3. The molecule has 12 heteroatoms. The van der Waals surface area contributed by atoms with Gasteiger partial charge in [-0.25, -0.2) is 19.9 Å². The lowest BCUT2D eigenvalue weighted by molar-refractivity contribution is 0.0988. The second-order valence-corrected chi connectivity index (χ2v) is 9.09. The zero-order valence-electron chi connectivity index (χ0n) is 19.6. The number of anilines is 2. The van der Waals surface area contributed by atoms with Crippen molar-refractivity contribution < 1.29 is 9.53 Å². The predicted octanol–water partition coefficient (Wildman–Crippen LogP) is 2.84. The first kappa shape index (κ1) is 23.0. The summed E-state index contributed by atoms with van der Waals surface area (Å²) in [5.74, 6) is 1.35. The summed E-state index contributed by atoms with van der Waals surface area (Å²) in [7, 11) is 0. The normalized spacial score (nSPS) is 13.7. The number of fused-ring (bicyclic) bond motifs is 1. The van der Waals surface area contributed by atoms with Gasteiger partial charge in [-0.1, -0.05) is 28.8 Å². The molecular formula is C25H21N9O2S. The molecule has 2 N–H and O–H groups in total. The minimum Gasteiger partial charge on any atom is -0.378 e. The summed E-state index contributed by atoms with van der Waals surface area (Å²) in [5.41, 5.74) is 10.8. The number of carbonyl (C=O) groups is 1. The van der Waals surface area contributed by atoms with Crippen LogP contribution < -0.4 is 10.6 Å². The van der Waals surface area contributed by atoms with Crippen molar-refractivity contribution in [1.29, 1.82) is 0 Å². The lowest BCUT2D eigenvalue weighted by atomic mass is 10.0. The van der Waals surface area contributed by atoms with Crippen molar-refractivity contribution in [3.05, 3.63) is 65.6 Å². The van der Waals surface area contributed by atoms with E-state index >= 15 is 0 Å². The van der Waals surface area contributed by atoms with Crippen molar-refractivity contribution in [2.24, 2.45) is 0 Å². The maximum atomic E-state index is 12.5. The molecule has 0 bridgehead atoms. The van der Waals surface area contributed by atoms with E-state index in [4.69, 9.17) is 25.4 Å². The van der Waals surface area contributed by atoms with Gasteiger partial charge in [0.2, 0.25) is 5.95 Å². The number of nitrogen functional groups attached to an aromatic ring is 1. The Balaban J connectivity index is 1.40. The number of benzene rings is 1. The Hall–Kier alpha value is -4.42. The summed E-state index contributed by atoms with van der Waals surface area (Å²) in [5, 5.41) is 5.54. The summed E-state index contributed by atoms with van der Waals surface area (Å²) in [6.07, 6.45) is 5.28. The van der Waals surface area contributed by atoms with Crippen LogP contribution in [-0.2, 0) is 11.2 Å². The van der Waals surface area contributed by atoms with Crippen LogP contribution in [-0.4, -0.2) is 66.6 Å². The Morgan fingerprint density at radius 3 is 2.59 bits per heavy atom. The van der Waals surface area contributed by atoms with Gasteiger partial charge in [0.1, 0.15) is 11.2 Å². The molecule has 0 radical (unpaired) electrons. The zero-order valence-corrected chi connectivity index (χ0v) is 20.4. The molecule has 1 aromatic carbocycles. The first-order chi connectivity index (χ1) is 18.1. The molecule has 4 aromatic heterocycles. The van der Waals surface area contributed by atoms with E-state index in [0.29, 0.717) is 54.4 Å². The highest BCUT2D eigenvalue weighted by molar-refractivity contribution is 7.03. The lowest BCUT2D eigenvalue weighted by Gasteiger charge is -2.28. The van der Waals surface area contributed by atoms with Gasteiger partial charge < -0.3 is 15.4 Å². The number of aromatic nitrogens is 7. The zero-order chi connectivity index (χ0) is 25.2. The molecule has 0 atom stereocenters. The third kappa shape index (κ3) is 4.84. The molecule has 0 aliphatic carbocycles. The number of carbonyl (C=O) groups excluding carboxylic acids is 1. The number of Topliss-reactive ketones (excluding diaryl/α,β-unsaturated/α-hetero) is 1. The molecule has 0 spiro atoms. The minimum atomic E-state index is -0.0687. The number of nitrogens with zero attached hydrogens (tertiary/aromatic N) is 8. The fraction of sp³-hybridized carbons (Fsp3) is 0.200. The molecule has 184 valence electrons. The van der Waals surface area contributed by atoms with E-state index in [9.17, 15) is 4.79 Å². The van der Waals surface area contributed by atoms with Gasteiger partial charge in [-0.15, -0.1) is 5.10 Å². The highest BCUT2D eigenvalue weighted by Gasteiger charge is 2.20. The quantitative estimate of drug-likeness (QED) is 0.336. The lowest BCUT2D eigenvalue weighted by Crippen LogP contribution is -2.37. The molecule has 0 unspecified atom stereocenters. The van der Waals surface area contributed by atoms with Crippen LogP contribution in [0, 0.1) is 0 Å². The molecule has 11 nitrogen and oxygen atoms in total. The van der Waals surface area contributed by atoms with Crippen molar-refractivity contribution >= 4 is 40.1 Å². The number of hydrogen-bond acceptors (Lipinski definition) is 12.